The van der Waals surface area contributed by atoms with Gasteiger partial charge in [-0.25, -0.2) is 4.79 Å². The van der Waals surface area contributed by atoms with Crippen molar-refractivity contribution in [3.8, 4) is 0 Å². The summed E-state index contributed by atoms with van der Waals surface area (Å²) in [5, 5.41) is 0.892. The van der Waals surface area contributed by atoms with Crippen LogP contribution in [0.1, 0.15) is 47.3 Å². The summed E-state index contributed by atoms with van der Waals surface area (Å²) in [6.07, 6.45) is 4.68. The summed E-state index contributed by atoms with van der Waals surface area (Å²) in [5.41, 5.74) is 3.40. The van der Waals surface area contributed by atoms with E-state index in [0.717, 1.165) is 47.8 Å². The fraction of sp³-hybridized carbons (Fsp3) is 0.526. The van der Waals surface area contributed by atoms with Crippen LogP contribution in [0.15, 0.2) is 18.2 Å². The van der Waals surface area contributed by atoms with Crippen LogP contribution in [0.4, 0.5) is 0 Å². The number of nitrogens with zero attached hydrogens (tertiary/aromatic N) is 2. The van der Waals surface area contributed by atoms with Crippen LogP contribution >= 0.6 is 0 Å². The molecule has 0 atom stereocenters. The average Bonchev–Trinajstić information content (AvgIpc) is 2.84. The van der Waals surface area contributed by atoms with Crippen molar-refractivity contribution in [2.24, 2.45) is 0 Å². The van der Waals surface area contributed by atoms with Crippen molar-refractivity contribution < 1.29 is 17.9 Å². The first kappa shape index (κ1) is 18.5. The average molecular weight is 391 g/mol. The number of aromatic nitrogens is 1. The first-order valence-electron chi connectivity index (χ1n) is 9.48. The molecule has 7 nitrogen and oxygen atoms in total. The molecule has 0 bridgehead atoms. The molecule has 0 radical (unpaired) electrons. The Labute approximate surface area is 159 Å². The summed E-state index contributed by atoms with van der Waals surface area (Å²) in [6.45, 7) is 2.01. The van der Waals surface area contributed by atoms with Gasteiger partial charge in [0.2, 0.25) is 0 Å². The molecular weight excluding hydrogens is 366 g/mol. The molecule has 1 aromatic carbocycles. The molecule has 2 aliphatic rings. The number of fused-ring (bicyclic) bond motifs is 3. The zero-order chi connectivity index (χ0) is 19.0. The van der Waals surface area contributed by atoms with Gasteiger partial charge in [-0.05, 0) is 36.6 Å². The Morgan fingerprint density at radius 2 is 1.81 bits per heavy atom. The molecule has 27 heavy (non-hydrogen) atoms. The molecule has 1 N–H and O–H groups in total. The smallest absolute Gasteiger partial charge is 0.337 e. The van der Waals surface area contributed by atoms with Gasteiger partial charge in [0.25, 0.3) is 10.2 Å². The number of esters is 1. The molecule has 1 fully saturated rings. The molecule has 1 saturated heterocycles. The van der Waals surface area contributed by atoms with Gasteiger partial charge >= 0.3 is 5.97 Å². The lowest BCUT2D eigenvalue weighted by Crippen LogP contribution is -2.46. The van der Waals surface area contributed by atoms with E-state index in [9.17, 15) is 13.2 Å². The number of aromatic amines is 1. The Morgan fingerprint density at radius 3 is 2.52 bits per heavy atom. The van der Waals surface area contributed by atoms with Crippen LogP contribution < -0.4 is 0 Å². The third-order valence-corrected chi connectivity index (χ3v) is 7.56. The zero-order valence-electron chi connectivity index (χ0n) is 15.5. The van der Waals surface area contributed by atoms with Crippen molar-refractivity contribution in [1.82, 2.24) is 13.6 Å². The Kier molecular flexibility index (Phi) is 4.96. The number of H-pyrrole nitrogens is 1. The Morgan fingerprint density at radius 1 is 1.07 bits per heavy atom. The van der Waals surface area contributed by atoms with Crippen LogP contribution in [-0.2, 0) is 27.9 Å². The number of rotatable bonds is 3. The molecule has 0 spiro atoms. The van der Waals surface area contributed by atoms with E-state index in [0.29, 0.717) is 38.2 Å². The molecule has 1 aromatic heterocycles. The van der Waals surface area contributed by atoms with Crippen molar-refractivity contribution in [2.75, 3.05) is 26.7 Å². The lowest BCUT2D eigenvalue weighted by molar-refractivity contribution is 0.0601. The van der Waals surface area contributed by atoms with Gasteiger partial charge in [-0.3, -0.25) is 0 Å². The highest BCUT2D eigenvalue weighted by Crippen LogP contribution is 2.31. The normalized spacial score (nSPS) is 19.6. The van der Waals surface area contributed by atoms with Crippen LogP contribution in [0.3, 0.4) is 0 Å². The van der Waals surface area contributed by atoms with Crippen molar-refractivity contribution in [1.29, 1.82) is 0 Å². The van der Waals surface area contributed by atoms with Gasteiger partial charge in [-0.1, -0.05) is 12.8 Å². The summed E-state index contributed by atoms with van der Waals surface area (Å²) >= 11 is 0. The molecule has 2 aliphatic heterocycles. The van der Waals surface area contributed by atoms with E-state index >= 15 is 0 Å². The molecule has 4 rings (SSSR count). The maximum atomic E-state index is 13.2. The highest BCUT2D eigenvalue weighted by atomic mass is 32.2. The minimum absolute atomic E-state index is 0.332. The third kappa shape index (κ3) is 3.37. The van der Waals surface area contributed by atoms with Crippen LogP contribution in [0.5, 0.6) is 0 Å². The molecule has 2 aromatic rings. The monoisotopic (exact) mass is 391 g/mol. The van der Waals surface area contributed by atoms with Gasteiger partial charge in [-0.2, -0.15) is 17.0 Å². The van der Waals surface area contributed by atoms with E-state index in [-0.39, 0.29) is 0 Å². The molecule has 0 amide bonds. The number of nitrogens with one attached hydrogen (secondary N) is 1. The number of hydrogen-bond acceptors (Lipinski definition) is 4. The quantitative estimate of drug-likeness (QED) is 0.815. The lowest BCUT2D eigenvalue weighted by atomic mass is 10.0. The maximum absolute atomic E-state index is 13.2. The zero-order valence-corrected chi connectivity index (χ0v) is 16.3. The maximum Gasteiger partial charge on any atom is 0.337 e. The third-order valence-electron chi connectivity index (χ3n) is 5.58. The van der Waals surface area contributed by atoms with Crippen molar-refractivity contribution in [3.05, 3.63) is 35.0 Å². The SMILES string of the molecule is COC(=O)c1ccc2[nH]c3c(c2c1)CN(S(=O)(=O)N1CCCCCC1)CC3. The predicted octanol–water partition coefficient (Wildman–Crippen LogP) is 2.43. The molecule has 0 saturated carbocycles. The van der Waals surface area contributed by atoms with Gasteiger partial charge in [0.15, 0.2) is 0 Å². The topological polar surface area (TPSA) is 82.7 Å². The summed E-state index contributed by atoms with van der Waals surface area (Å²) in [4.78, 5) is 15.2. The minimum Gasteiger partial charge on any atom is -0.465 e. The highest BCUT2D eigenvalue weighted by Gasteiger charge is 2.33. The number of carbonyl (C=O) groups is 1. The van der Waals surface area contributed by atoms with E-state index in [1.165, 1.54) is 7.11 Å². The van der Waals surface area contributed by atoms with Crippen molar-refractivity contribution in [3.63, 3.8) is 0 Å². The summed E-state index contributed by atoms with van der Waals surface area (Å²) in [5.74, 6) is -0.392. The van der Waals surface area contributed by atoms with Crippen LogP contribution in [-0.4, -0.2) is 54.7 Å². The van der Waals surface area contributed by atoms with E-state index in [1.54, 1.807) is 20.7 Å². The lowest BCUT2D eigenvalue weighted by Gasteiger charge is -2.31. The first-order valence-corrected chi connectivity index (χ1v) is 10.9. The van der Waals surface area contributed by atoms with Gasteiger partial charge in [0, 0.05) is 49.2 Å². The van der Waals surface area contributed by atoms with Gasteiger partial charge in [-0.15, -0.1) is 0 Å². The molecule has 146 valence electrons. The number of methoxy groups -OCH3 is 1. The highest BCUT2D eigenvalue weighted by molar-refractivity contribution is 7.86. The Bertz CT molecular complexity index is 959. The van der Waals surface area contributed by atoms with Gasteiger partial charge in [0.05, 0.1) is 12.7 Å². The number of ether oxygens (including phenoxy) is 1. The minimum atomic E-state index is -3.47. The largest absolute Gasteiger partial charge is 0.465 e. The van der Waals surface area contributed by atoms with Crippen LogP contribution in [0.25, 0.3) is 10.9 Å². The summed E-state index contributed by atoms with van der Waals surface area (Å²) in [7, 11) is -2.11. The van der Waals surface area contributed by atoms with E-state index < -0.39 is 16.2 Å². The second-order valence-corrected chi connectivity index (χ2v) is 9.17. The second-order valence-electron chi connectivity index (χ2n) is 7.24. The first-order chi connectivity index (χ1) is 13.0. The molecule has 3 heterocycles. The molecule has 0 unspecified atom stereocenters. The molecule has 0 aliphatic carbocycles. The van der Waals surface area contributed by atoms with Crippen LogP contribution in [0, 0.1) is 0 Å². The van der Waals surface area contributed by atoms with E-state index in [4.69, 9.17) is 4.74 Å². The number of hydrogen-bond donors (Lipinski definition) is 1. The molecular formula is C19H25N3O4S. The fourth-order valence-corrected chi connectivity index (χ4v) is 5.73. The van der Waals surface area contributed by atoms with Crippen molar-refractivity contribution in [2.45, 2.75) is 38.6 Å². The Balaban J connectivity index is 1.66. The summed E-state index contributed by atoms with van der Waals surface area (Å²) < 4.78 is 34.3. The fourth-order valence-electron chi connectivity index (χ4n) is 4.07. The van der Waals surface area contributed by atoms with Crippen molar-refractivity contribution >= 4 is 27.1 Å². The predicted molar refractivity (Wildman–Crippen MR) is 103 cm³/mol. The van der Waals surface area contributed by atoms with E-state index in [2.05, 4.69) is 4.98 Å². The van der Waals surface area contributed by atoms with Crippen LogP contribution in [0.2, 0.25) is 0 Å². The van der Waals surface area contributed by atoms with Gasteiger partial charge < -0.3 is 9.72 Å². The summed E-state index contributed by atoms with van der Waals surface area (Å²) in [6, 6.07) is 5.37. The molecule has 8 heteroatoms. The Hall–Kier alpha value is -1.90. The van der Waals surface area contributed by atoms with Gasteiger partial charge in [0.1, 0.15) is 0 Å². The second kappa shape index (κ2) is 7.26. The van der Waals surface area contributed by atoms with E-state index in [1.807, 2.05) is 6.07 Å². The number of carbonyl (C=O) groups excluding carboxylic acids is 1. The number of benzene rings is 1. The standard InChI is InChI=1S/C19H25N3O4S/c1-26-19(23)14-6-7-17-15(12-14)16-13-22(11-8-18(16)20-17)27(24,25)21-9-4-2-3-5-10-21/h6-7,12,20H,2-5,8-11,13H2,1H3.